The minimum Gasteiger partial charge on any atom is -0.438 e. The summed E-state index contributed by atoms with van der Waals surface area (Å²) < 4.78 is 4.54. The fourth-order valence-corrected chi connectivity index (χ4v) is 0.745. The minimum atomic E-state index is -0.890. The third kappa shape index (κ3) is 3.60. The van der Waals surface area contributed by atoms with Crippen molar-refractivity contribution in [3.05, 3.63) is 0 Å². The van der Waals surface area contributed by atoms with Crippen LogP contribution >= 0.6 is 0 Å². The molecule has 0 aromatic heterocycles. The van der Waals surface area contributed by atoms with Gasteiger partial charge in [-0.05, 0) is 6.42 Å². The molecule has 0 saturated carbocycles. The van der Waals surface area contributed by atoms with Crippen molar-refractivity contribution in [1.82, 2.24) is 0 Å². The first-order valence-electron chi connectivity index (χ1n) is 3.60. The van der Waals surface area contributed by atoms with E-state index in [1.807, 2.05) is 0 Å². The number of ketones is 1. The fraction of sp³-hybridized carbons (Fsp3) is 0.714. The molecule has 0 rings (SSSR count). The van der Waals surface area contributed by atoms with Crippen LogP contribution in [0.4, 0.5) is 4.79 Å². The average Bonchev–Trinajstić information content (AvgIpc) is 1.98. The number of rotatable bonds is 4. The van der Waals surface area contributed by atoms with Gasteiger partial charge in [0.25, 0.3) is 0 Å². The molecule has 11 heavy (non-hydrogen) atoms. The predicted octanol–water partition coefficient (Wildman–Crippen LogP) is 0.839. The molecule has 0 aromatic carbocycles. The zero-order chi connectivity index (χ0) is 8.85. The van der Waals surface area contributed by atoms with E-state index in [1.54, 1.807) is 13.8 Å². The molecule has 64 valence electrons. The Kier molecular flexibility index (Phi) is 4.26. The SMILES string of the molecule is CCC(=O)C(CC)OC(N)=O. The first kappa shape index (κ1) is 9.94. The van der Waals surface area contributed by atoms with Crippen LogP contribution in [0.5, 0.6) is 0 Å². The predicted molar refractivity (Wildman–Crippen MR) is 40.0 cm³/mol. The van der Waals surface area contributed by atoms with Crippen molar-refractivity contribution >= 4 is 11.9 Å². The van der Waals surface area contributed by atoms with Crippen LogP contribution < -0.4 is 5.73 Å². The van der Waals surface area contributed by atoms with Gasteiger partial charge in [-0.15, -0.1) is 0 Å². The number of carbonyl (C=O) groups is 2. The van der Waals surface area contributed by atoms with E-state index in [4.69, 9.17) is 5.73 Å². The standard InChI is InChI=1S/C7H13NO3/c1-3-5(9)6(4-2)11-7(8)10/h6H,3-4H2,1-2H3,(H2,8,10). The molecule has 0 aliphatic heterocycles. The van der Waals surface area contributed by atoms with Crippen molar-refractivity contribution in [2.45, 2.75) is 32.8 Å². The maximum absolute atomic E-state index is 10.9. The summed E-state index contributed by atoms with van der Waals surface area (Å²) in [7, 11) is 0. The Hall–Kier alpha value is -1.06. The molecule has 0 saturated heterocycles. The molecule has 0 aliphatic carbocycles. The van der Waals surface area contributed by atoms with E-state index in [9.17, 15) is 9.59 Å². The molecule has 0 radical (unpaired) electrons. The highest BCUT2D eigenvalue weighted by atomic mass is 16.6. The van der Waals surface area contributed by atoms with E-state index < -0.39 is 12.2 Å². The maximum atomic E-state index is 10.9. The summed E-state index contributed by atoms with van der Waals surface area (Å²) in [6.07, 6.45) is -0.697. The number of Topliss-reactive ketones (excluding diaryl/α,β-unsaturated/α-hetero) is 1. The summed E-state index contributed by atoms with van der Waals surface area (Å²) in [6.45, 7) is 3.48. The largest absolute Gasteiger partial charge is 0.438 e. The van der Waals surface area contributed by atoms with Crippen LogP contribution in [0, 0.1) is 0 Å². The second-order valence-electron chi connectivity index (χ2n) is 2.15. The van der Waals surface area contributed by atoms with Crippen molar-refractivity contribution in [1.29, 1.82) is 0 Å². The molecule has 4 heteroatoms. The fourth-order valence-electron chi connectivity index (χ4n) is 0.745. The third-order valence-electron chi connectivity index (χ3n) is 1.34. The Labute approximate surface area is 65.7 Å². The van der Waals surface area contributed by atoms with Gasteiger partial charge in [0.1, 0.15) is 0 Å². The molecule has 4 nitrogen and oxygen atoms in total. The van der Waals surface area contributed by atoms with Gasteiger partial charge in [0.2, 0.25) is 0 Å². The number of amides is 1. The van der Waals surface area contributed by atoms with Crippen LogP contribution in [0.3, 0.4) is 0 Å². The van der Waals surface area contributed by atoms with Gasteiger partial charge < -0.3 is 10.5 Å². The van der Waals surface area contributed by atoms with Crippen LogP contribution in [0.1, 0.15) is 26.7 Å². The molecule has 0 heterocycles. The van der Waals surface area contributed by atoms with E-state index in [0.717, 1.165) is 0 Å². The highest BCUT2D eigenvalue weighted by Gasteiger charge is 2.16. The Morgan fingerprint density at radius 1 is 1.45 bits per heavy atom. The highest BCUT2D eigenvalue weighted by Crippen LogP contribution is 2.01. The summed E-state index contributed by atoms with van der Waals surface area (Å²) >= 11 is 0. The van der Waals surface area contributed by atoms with Gasteiger partial charge in [0.15, 0.2) is 11.9 Å². The average molecular weight is 159 g/mol. The van der Waals surface area contributed by atoms with Crippen LogP contribution in [-0.2, 0) is 9.53 Å². The van der Waals surface area contributed by atoms with E-state index in [2.05, 4.69) is 4.74 Å². The van der Waals surface area contributed by atoms with Crippen molar-refractivity contribution in [2.24, 2.45) is 5.73 Å². The van der Waals surface area contributed by atoms with Crippen molar-refractivity contribution in [3.8, 4) is 0 Å². The summed E-state index contributed by atoms with van der Waals surface area (Å²) in [6, 6.07) is 0. The van der Waals surface area contributed by atoms with E-state index in [1.165, 1.54) is 0 Å². The second kappa shape index (κ2) is 4.71. The molecule has 2 N–H and O–H groups in total. The first-order valence-corrected chi connectivity index (χ1v) is 3.60. The Morgan fingerprint density at radius 2 is 2.00 bits per heavy atom. The quantitative estimate of drug-likeness (QED) is 0.660. The van der Waals surface area contributed by atoms with Crippen LogP contribution in [0.2, 0.25) is 0 Å². The summed E-state index contributed by atoms with van der Waals surface area (Å²) in [5.41, 5.74) is 4.75. The van der Waals surface area contributed by atoms with Crippen molar-refractivity contribution < 1.29 is 14.3 Å². The monoisotopic (exact) mass is 159 g/mol. The van der Waals surface area contributed by atoms with Gasteiger partial charge >= 0.3 is 6.09 Å². The second-order valence-corrected chi connectivity index (χ2v) is 2.15. The van der Waals surface area contributed by atoms with Gasteiger partial charge in [-0.25, -0.2) is 4.79 Å². The normalized spacial score (nSPS) is 12.2. The molecule has 0 aliphatic rings. The van der Waals surface area contributed by atoms with Crippen LogP contribution in [0.15, 0.2) is 0 Å². The van der Waals surface area contributed by atoms with Crippen molar-refractivity contribution in [2.75, 3.05) is 0 Å². The lowest BCUT2D eigenvalue weighted by atomic mass is 10.1. The molecular weight excluding hydrogens is 146 g/mol. The van der Waals surface area contributed by atoms with E-state index in [-0.39, 0.29) is 5.78 Å². The Balaban J connectivity index is 3.94. The summed E-state index contributed by atoms with van der Waals surface area (Å²) in [5, 5.41) is 0. The molecule has 0 spiro atoms. The lowest BCUT2D eigenvalue weighted by Crippen LogP contribution is -2.28. The molecular formula is C7H13NO3. The number of nitrogens with two attached hydrogens (primary N) is 1. The van der Waals surface area contributed by atoms with Gasteiger partial charge in [0, 0.05) is 6.42 Å². The van der Waals surface area contributed by atoms with Gasteiger partial charge in [-0.1, -0.05) is 13.8 Å². The van der Waals surface area contributed by atoms with E-state index >= 15 is 0 Å². The topological polar surface area (TPSA) is 69.4 Å². The van der Waals surface area contributed by atoms with E-state index in [0.29, 0.717) is 12.8 Å². The number of primary amides is 1. The Morgan fingerprint density at radius 3 is 2.27 bits per heavy atom. The zero-order valence-electron chi connectivity index (χ0n) is 6.79. The number of ether oxygens (including phenoxy) is 1. The van der Waals surface area contributed by atoms with Gasteiger partial charge in [-0.2, -0.15) is 0 Å². The minimum absolute atomic E-state index is 0.0914. The highest BCUT2D eigenvalue weighted by molar-refractivity contribution is 5.84. The lowest BCUT2D eigenvalue weighted by Gasteiger charge is -2.11. The lowest BCUT2D eigenvalue weighted by molar-refractivity contribution is -0.127. The van der Waals surface area contributed by atoms with Gasteiger partial charge in [-0.3, -0.25) is 4.79 Å². The number of hydrogen-bond donors (Lipinski definition) is 1. The molecule has 1 atom stereocenters. The first-order chi connectivity index (χ1) is 5.11. The van der Waals surface area contributed by atoms with Crippen LogP contribution in [-0.4, -0.2) is 18.0 Å². The van der Waals surface area contributed by atoms with Gasteiger partial charge in [0.05, 0.1) is 0 Å². The molecule has 1 amide bonds. The number of hydrogen-bond acceptors (Lipinski definition) is 3. The molecule has 0 aromatic rings. The zero-order valence-corrected chi connectivity index (χ0v) is 6.79. The van der Waals surface area contributed by atoms with Crippen molar-refractivity contribution in [3.63, 3.8) is 0 Å². The number of carbonyl (C=O) groups excluding carboxylic acids is 2. The van der Waals surface area contributed by atoms with Crippen LogP contribution in [0.25, 0.3) is 0 Å². The molecule has 1 unspecified atom stereocenters. The molecule has 0 bridgehead atoms. The smallest absolute Gasteiger partial charge is 0.405 e. The maximum Gasteiger partial charge on any atom is 0.405 e. The third-order valence-corrected chi connectivity index (χ3v) is 1.34. The summed E-state index contributed by atoms with van der Waals surface area (Å²) in [4.78, 5) is 21.2. The molecule has 0 fully saturated rings. The summed E-state index contributed by atoms with van der Waals surface area (Å²) in [5.74, 6) is -0.0914. The Bertz CT molecular complexity index is 156.